The van der Waals surface area contributed by atoms with Gasteiger partial charge in [0.1, 0.15) is 12.4 Å². The average molecular weight is 149 g/mol. The number of benzene rings is 1. The lowest BCUT2D eigenvalue weighted by Crippen LogP contribution is -1.96. The first-order valence-corrected chi connectivity index (χ1v) is 3.31. The lowest BCUT2D eigenvalue weighted by molar-refractivity contribution is -0.109. The van der Waals surface area contributed by atoms with Crippen LogP contribution in [0.15, 0.2) is 24.3 Å². The van der Waals surface area contributed by atoms with Crippen LogP contribution in [0, 0.1) is 6.92 Å². The van der Waals surface area contributed by atoms with Crippen LogP contribution >= 0.6 is 0 Å². The van der Waals surface area contributed by atoms with Crippen molar-refractivity contribution < 1.29 is 9.53 Å². The van der Waals surface area contributed by atoms with Gasteiger partial charge in [0.25, 0.3) is 0 Å². The van der Waals surface area contributed by atoms with Gasteiger partial charge in [-0.15, -0.1) is 0 Å². The van der Waals surface area contributed by atoms with E-state index < -0.39 is 0 Å². The number of carbonyl (C=O) groups excluding carboxylic acids is 1. The van der Waals surface area contributed by atoms with E-state index >= 15 is 0 Å². The zero-order chi connectivity index (χ0) is 8.10. The molecule has 2 heteroatoms. The van der Waals surface area contributed by atoms with Crippen molar-refractivity contribution >= 4 is 6.29 Å². The predicted octanol–water partition coefficient (Wildman–Crippen LogP) is 1.45. The Labute approximate surface area is 65.8 Å². The third-order valence-corrected chi connectivity index (χ3v) is 1.24. The summed E-state index contributed by atoms with van der Waals surface area (Å²) in [5.41, 5.74) is 0.934. The molecule has 0 aromatic heterocycles. The third kappa shape index (κ3) is 2.42. The molecule has 0 heterocycles. The van der Waals surface area contributed by atoms with E-state index in [9.17, 15) is 4.79 Å². The minimum atomic E-state index is 0.108. The lowest BCUT2D eigenvalue weighted by Gasteiger charge is -2.00. The van der Waals surface area contributed by atoms with Crippen LogP contribution in [0.3, 0.4) is 0 Å². The van der Waals surface area contributed by atoms with Crippen molar-refractivity contribution in [3.05, 3.63) is 36.8 Å². The summed E-state index contributed by atoms with van der Waals surface area (Å²) < 4.78 is 5.01. The molecule has 0 N–H and O–H groups in total. The summed E-state index contributed by atoms with van der Waals surface area (Å²) >= 11 is 0. The molecule has 1 aromatic carbocycles. The minimum Gasteiger partial charge on any atom is -0.486 e. The summed E-state index contributed by atoms with van der Waals surface area (Å²) in [4.78, 5) is 9.91. The Hall–Kier alpha value is -1.31. The maximum Gasteiger partial charge on any atom is 0.157 e. The van der Waals surface area contributed by atoms with Crippen LogP contribution in [0.5, 0.6) is 5.75 Å². The van der Waals surface area contributed by atoms with E-state index in [0.717, 1.165) is 11.8 Å². The Morgan fingerprint density at radius 2 is 2.00 bits per heavy atom. The van der Waals surface area contributed by atoms with Gasteiger partial charge < -0.3 is 4.74 Å². The highest BCUT2D eigenvalue weighted by Gasteiger charge is 1.89. The number of ether oxygens (including phenoxy) is 1. The molecule has 0 fully saturated rings. The summed E-state index contributed by atoms with van der Waals surface area (Å²) in [7, 11) is 0. The largest absolute Gasteiger partial charge is 0.486 e. The third-order valence-electron chi connectivity index (χ3n) is 1.24. The van der Waals surface area contributed by atoms with Crippen molar-refractivity contribution in [3.8, 4) is 5.75 Å². The summed E-state index contributed by atoms with van der Waals surface area (Å²) in [5.74, 6) is 0.699. The second-order valence-electron chi connectivity index (χ2n) is 2.12. The van der Waals surface area contributed by atoms with E-state index in [1.807, 2.05) is 12.1 Å². The van der Waals surface area contributed by atoms with E-state index in [0.29, 0.717) is 5.75 Å². The van der Waals surface area contributed by atoms with Gasteiger partial charge in [0.15, 0.2) is 6.29 Å². The van der Waals surface area contributed by atoms with Crippen molar-refractivity contribution in [2.24, 2.45) is 0 Å². The Bertz CT molecular complexity index is 226. The van der Waals surface area contributed by atoms with E-state index in [2.05, 4.69) is 6.92 Å². The molecule has 0 unspecified atom stereocenters. The molecule has 0 spiro atoms. The van der Waals surface area contributed by atoms with Crippen LogP contribution in [0.25, 0.3) is 0 Å². The van der Waals surface area contributed by atoms with E-state index in [-0.39, 0.29) is 6.61 Å². The quantitative estimate of drug-likeness (QED) is 0.608. The van der Waals surface area contributed by atoms with Gasteiger partial charge in [-0.2, -0.15) is 0 Å². The van der Waals surface area contributed by atoms with Gasteiger partial charge in [-0.1, -0.05) is 12.1 Å². The smallest absolute Gasteiger partial charge is 0.157 e. The van der Waals surface area contributed by atoms with Crippen LogP contribution in [-0.4, -0.2) is 12.9 Å². The molecule has 0 saturated carbocycles. The first-order chi connectivity index (χ1) is 5.33. The normalized spacial score (nSPS) is 9.18. The van der Waals surface area contributed by atoms with Crippen molar-refractivity contribution in [3.63, 3.8) is 0 Å². The Balaban J connectivity index is 2.58. The topological polar surface area (TPSA) is 26.3 Å². The Kier molecular flexibility index (Phi) is 2.66. The molecule has 1 rings (SSSR count). The Morgan fingerprint density at radius 3 is 2.55 bits per heavy atom. The average Bonchev–Trinajstić information content (AvgIpc) is 2.04. The molecular weight excluding hydrogens is 140 g/mol. The molecule has 0 aliphatic carbocycles. The zero-order valence-corrected chi connectivity index (χ0v) is 6.12. The van der Waals surface area contributed by atoms with Gasteiger partial charge >= 0.3 is 0 Å². The molecule has 1 radical (unpaired) electrons. The second-order valence-corrected chi connectivity index (χ2v) is 2.12. The fraction of sp³-hybridized carbons (Fsp3) is 0.111. The highest BCUT2D eigenvalue weighted by atomic mass is 16.5. The molecule has 2 nitrogen and oxygen atoms in total. The SMILES string of the molecule is [CH2]c1ccc(OCC=O)cc1. The van der Waals surface area contributed by atoms with Gasteiger partial charge in [0.2, 0.25) is 0 Å². The van der Waals surface area contributed by atoms with Gasteiger partial charge in [-0.25, -0.2) is 0 Å². The molecule has 0 aliphatic rings. The molecule has 0 atom stereocenters. The first-order valence-electron chi connectivity index (χ1n) is 3.31. The van der Waals surface area contributed by atoms with E-state index in [4.69, 9.17) is 4.74 Å². The van der Waals surface area contributed by atoms with Crippen LogP contribution in [0.1, 0.15) is 5.56 Å². The summed E-state index contributed by atoms with van der Waals surface area (Å²) in [6.07, 6.45) is 0.720. The van der Waals surface area contributed by atoms with Crippen molar-refractivity contribution in [2.45, 2.75) is 0 Å². The number of hydrogen-bond acceptors (Lipinski definition) is 2. The van der Waals surface area contributed by atoms with Gasteiger partial charge in [-0.3, -0.25) is 4.79 Å². The van der Waals surface area contributed by atoms with Gasteiger partial charge in [0, 0.05) is 0 Å². The van der Waals surface area contributed by atoms with Crippen molar-refractivity contribution in [2.75, 3.05) is 6.61 Å². The van der Waals surface area contributed by atoms with Crippen LogP contribution in [0.4, 0.5) is 0 Å². The highest BCUT2D eigenvalue weighted by Crippen LogP contribution is 2.10. The number of hydrogen-bond donors (Lipinski definition) is 0. The van der Waals surface area contributed by atoms with E-state index in [1.54, 1.807) is 12.1 Å². The maximum absolute atomic E-state index is 9.91. The van der Waals surface area contributed by atoms with Crippen molar-refractivity contribution in [1.29, 1.82) is 0 Å². The molecule has 57 valence electrons. The van der Waals surface area contributed by atoms with Gasteiger partial charge in [-0.05, 0) is 24.6 Å². The number of carbonyl (C=O) groups is 1. The lowest BCUT2D eigenvalue weighted by atomic mass is 10.2. The standard InChI is InChI=1S/C9H9O2/c1-8-2-4-9(5-3-8)11-7-6-10/h2-6H,1,7H2. The maximum atomic E-state index is 9.91. The summed E-state index contributed by atoms with van der Waals surface area (Å²) in [5, 5.41) is 0. The fourth-order valence-electron chi connectivity index (χ4n) is 0.716. The zero-order valence-electron chi connectivity index (χ0n) is 6.12. The number of aldehydes is 1. The molecule has 0 amide bonds. The van der Waals surface area contributed by atoms with Crippen LogP contribution < -0.4 is 4.74 Å². The van der Waals surface area contributed by atoms with Crippen LogP contribution in [0.2, 0.25) is 0 Å². The minimum absolute atomic E-state index is 0.108. The molecule has 0 saturated heterocycles. The first kappa shape index (κ1) is 7.79. The molecule has 1 aromatic rings. The van der Waals surface area contributed by atoms with Crippen LogP contribution in [-0.2, 0) is 4.79 Å². The fourth-order valence-corrected chi connectivity index (χ4v) is 0.716. The van der Waals surface area contributed by atoms with E-state index in [1.165, 1.54) is 0 Å². The highest BCUT2D eigenvalue weighted by molar-refractivity contribution is 5.51. The Morgan fingerprint density at radius 1 is 1.36 bits per heavy atom. The summed E-state index contributed by atoms with van der Waals surface area (Å²) in [6, 6.07) is 7.23. The summed E-state index contributed by atoms with van der Waals surface area (Å²) in [6.45, 7) is 3.82. The second kappa shape index (κ2) is 3.76. The number of rotatable bonds is 3. The van der Waals surface area contributed by atoms with Crippen molar-refractivity contribution in [1.82, 2.24) is 0 Å². The molecule has 0 aliphatic heterocycles. The van der Waals surface area contributed by atoms with Gasteiger partial charge in [0.05, 0.1) is 0 Å². The molecular formula is C9H9O2. The molecule has 0 bridgehead atoms. The molecule has 11 heavy (non-hydrogen) atoms. The monoisotopic (exact) mass is 149 g/mol. The predicted molar refractivity (Wildman–Crippen MR) is 42.5 cm³/mol.